The third-order valence-electron chi connectivity index (χ3n) is 4.97. The van der Waals surface area contributed by atoms with Crippen molar-refractivity contribution >= 4 is 35.1 Å². The Hall–Kier alpha value is -3.65. The van der Waals surface area contributed by atoms with Crippen molar-refractivity contribution in [2.75, 3.05) is 5.32 Å². The monoisotopic (exact) mass is 496 g/mol. The predicted molar refractivity (Wildman–Crippen MR) is 133 cm³/mol. The highest BCUT2D eigenvalue weighted by Crippen LogP contribution is 2.27. The van der Waals surface area contributed by atoms with Gasteiger partial charge in [0, 0.05) is 29.6 Å². The van der Waals surface area contributed by atoms with Crippen molar-refractivity contribution in [2.45, 2.75) is 51.7 Å². The molecule has 2 N–H and O–H groups in total. The highest BCUT2D eigenvalue weighted by molar-refractivity contribution is 6.30. The topological polar surface area (TPSA) is 105 Å². The number of carbonyl (C=O) groups is 3. The van der Waals surface area contributed by atoms with E-state index in [-0.39, 0.29) is 37.1 Å². The van der Waals surface area contributed by atoms with Crippen LogP contribution in [0.2, 0.25) is 5.02 Å². The number of anilines is 1. The smallest absolute Gasteiger partial charge is 0.247 e. The molecule has 2 aromatic heterocycles. The second-order valence-electron chi connectivity index (χ2n) is 9.06. The molecular formula is C26H29ClN4O4. The van der Waals surface area contributed by atoms with Crippen molar-refractivity contribution in [3.63, 3.8) is 0 Å². The van der Waals surface area contributed by atoms with E-state index in [9.17, 15) is 14.4 Å². The van der Waals surface area contributed by atoms with E-state index in [2.05, 4.69) is 15.6 Å². The van der Waals surface area contributed by atoms with Gasteiger partial charge in [0.2, 0.25) is 17.7 Å². The average molecular weight is 497 g/mol. The summed E-state index contributed by atoms with van der Waals surface area (Å²) >= 11 is 6.07. The van der Waals surface area contributed by atoms with Crippen LogP contribution in [0.1, 0.15) is 51.0 Å². The number of hydrogen-bond acceptors (Lipinski definition) is 5. The van der Waals surface area contributed by atoms with Gasteiger partial charge in [0.1, 0.15) is 17.6 Å². The summed E-state index contributed by atoms with van der Waals surface area (Å²) in [6.07, 6.45) is 2.89. The first-order chi connectivity index (χ1) is 16.6. The Balaban J connectivity index is 1.86. The van der Waals surface area contributed by atoms with Crippen LogP contribution in [0.15, 0.2) is 71.5 Å². The molecule has 3 aromatic rings. The minimum absolute atomic E-state index is 0.0541. The maximum Gasteiger partial charge on any atom is 0.247 e. The van der Waals surface area contributed by atoms with E-state index >= 15 is 0 Å². The van der Waals surface area contributed by atoms with Gasteiger partial charge in [0.25, 0.3) is 0 Å². The number of halogens is 1. The number of benzene rings is 1. The standard InChI is InChI=1S/C26H29ClN4O4/c1-26(2,3)30-25(34)24(18-9-11-19(27)12-10-18)31(17-20-7-6-16-35-20)23(33)14-13-22(32)29-21-8-4-5-15-28-21/h4-12,15-16,24H,13-14,17H2,1-3H3,(H,30,34)(H,28,29,32)/t24-/m0/s1. The van der Waals surface area contributed by atoms with Gasteiger partial charge < -0.3 is 20.0 Å². The Labute approximate surface area is 209 Å². The van der Waals surface area contributed by atoms with Gasteiger partial charge in [-0.15, -0.1) is 0 Å². The summed E-state index contributed by atoms with van der Waals surface area (Å²) in [5.74, 6) is -0.156. The Morgan fingerprint density at radius 1 is 1.03 bits per heavy atom. The predicted octanol–water partition coefficient (Wildman–Crippen LogP) is 4.73. The summed E-state index contributed by atoms with van der Waals surface area (Å²) < 4.78 is 5.47. The fourth-order valence-corrected chi connectivity index (χ4v) is 3.58. The van der Waals surface area contributed by atoms with Crippen molar-refractivity contribution in [2.24, 2.45) is 0 Å². The van der Waals surface area contributed by atoms with E-state index in [1.165, 1.54) is 11.2 Å². The summed E-state index contributed by atoms with van der Waals surface area (Å²) in [4.78, 5) is 44.8. The molecule has 184 valence electrons. The molecule has 0 radical (unpaired) electrons. The zero-order valence-corrected chi connectivity index (χ0v) is 20.7. The summed E-state index contributed by atoms with van der Waals surface area (Å²) in [6, 6.07) is 14.4. The molecule has 1 aromatic carbocycles. The average Bonchev–Trinajstić information content (AvgIpc) is 3.31. The number of nitrogens with zero attached hydrogens (tertiary/aromatic N) is 2. The van der Waals surface area contributed by atoms with Gasteiger partial charge in [-0.1, -0.05) is 29.8 Å². The van der Waals surface area contributed by atoms with Gasteiger partial charge in [-0.25, -0.2) is 4.98 Å². The molecule has 0 saturated heterocycles. The number of hydrogen-bond donors (Lipinski definition) is 2. The quantitative estimate of drug-likeness (QED) is 0.445. The van der Waals surface area contributed by atoms with Crippen LogP contribution in [0.4, 0.5) is 5.82 Å². The van der Waals surface area contributed by atoms with Crippen LogP contribution in [0.25, 0.3) is 0 Å². The Kier molecular flexibility index (Phi) is 8.65. The number of nitrogens with one attached hydrogen (secondary N) is 2. The van der Waals surface area contributed by atoms with Crippen LogP contribution >= 0.6 is 11.6 Å². The molecular weight excluding hydrogens is 468 g/mol. The van der Waals surface area contributed by atoms with Gasteiger partial charge in [0.15, 0.2) is 0 Å². The van der Waals surface area contributed by atoms with Crippen molar-refractivity contribution < 1.29 is 18.8 Å². The maximum atomic E-state index is 13.5. The Morgan fingerprint density at radius 2 is 1.77 bits per heavy atom. The fourth-order valence-electron chi connectivity index (χ4n) is 3.46. The first-order valence-electron chi connectivity index (χ1n) is 11.2. The molecule has 9 heteroatoms. The van der Waals surface area contributed by atoms with Gasteiger partial charge in [-0.3, -0.25) is 14.4 Å². The van der Waals surface area contributed by atoms with Crippen LogP contribution in [-0.2, 0) is 20.9 Å². The van der Waals surface area contributed by atoms with E-state index in [4.69, 9.17) is 16.0 Å². The highest BCUT2D eigenvalue weighted by atomic mass is 35.5. The molecule has 0 bridgehead atoms. The Morgan fingerprint density at radius 3 is 2.37 bits per heavy atom. The number of amides is 3. The maximum absolute atomic E-state index is 13.5. The fraction of sp³-hybridized carbons (Fsp3) is 0.308. The molecule has 1 atom stereocenters. The number of pyridine rings is 1. The van der Waals surface area contributed by atoms with Crippen molar-refractivity contribution in [1.82, 2.24) is 15.2 Å². The molecule has 0 aliphatic carbocycles. The van der Waals surface area contributed by atoms with Crippen LogP contribution in [0.5, 0.6) is 0 Å². The lowest BCUT2D eigenvalue weighted by molar-refractivity contribution is -0.143. The molecule has 0 unspecified atom stereocenters. The highest BCUT2D eigenvalue weighted by Gasteiger charge is 2.34. The number of rotatable bonds is 9. The first-order valence-corrected chi connectivity index (χ1v) is 11.6. The summed E-state index contributed by atoms with van der Waals surface area (Å²) in [5.41, 5.74) is 0.0676. The van der Waals surface area contributed by atoms with Crippen LogP contribution in [0.3, 0.4) is 0 Å². The minimum atomic E-state index is -0.956. The number of aromatic nitrogens is 1. The zero-order chi connectivity index (χ0) is 25.4. The third-order valence-corrected chi connectivity index (χ3v) is 5.22. The van der Waals surface area contributed by atoms with Crippen LogP contribution in [-0.4, -0.2) is 33.1 Å². The molecule has 8 nitrogen and oxygen atoms in total. The largest absolute Gasteiger partial charge is 0.467 e. The lowest BCUT2D eigenvalue weighted by Gasteiger charge is -2.33. The third kappa shape index (κ3) is 7.96. The van der Waals surface area contributed by atoms with E-state index in [0.717, 1.165) is 0 Å². The molecule has 0 aliphatic heterocycles. The van der Waals surface area contributed by atoms with E-state index in [1.54, 1.807) is 60.8 Å². The number of carbonyl (C=O) groups excluding carboxylic acids is 3. The first kappa shape index (κ1) is 26.0. The van der Waals surface area contributed by atoms with Crippen molar-refractivity contribution in [3.8, 4) is 0 Å². The van der Waals surface area contributed by atoms with E-state index < -0.39 is 11.6 Å². The normalized spacial score (nSPS) is 12.0. The molecule has 3 amide bonds. The van der Waals surface area contributed by atoms with Gasteiger partial charge in [0.05, 0.1) is 12.8 Å². The Bertz CT molecular complexity index is 1130. The molecule has 2 heterocycles. The second-order valence-corrected chi connectivity index (χ2v) is 9.49. The molecule has 35 heavy (non-hydrogen) atoms. The van der Waals surface area contributed by atoms with Gasteiger partial charge in [-0.05, 0) is 62.7 Å². The second kappa shape index (κ2) is 11.7. The zero-order valence-electron chi connectivity index (χ0n) is 20.0. The van der Waals surface area contributed by atoms with Crippen molar-refractivity contribution in [1.29, 1.82) is 0 Å². The summed E-state index contributed by atoms with van der Waals surface area (Å²) in [5, 5.41) is 6.14. The molecule has 0 aliphatic rings. The number of furan rings is 1. The molecule has 0 saturated carbocycles. The lowest BCUT2D eigenvalue weighted by atomic mass is 10.0. The molecule has 0 fully saturated rings. The van der Waals surface area contributed by atoms with Crippen LogP contribution in [0, 0.1) is 0 Å². The molecule has 3 rings (SSSR count). The lowest BCUT2D eigenvalue weighted by Crippen LogP contribution is -2.49. The van der Waals surface area contributed by atoms with Gasteiger partial charge >= 0.3 is 0 Å². The minimum Gasteiger partial charge on any atom is -0.467 e. The molecule has 0 spiro atoms. The van der Waals surface area contributed by atoms with Crippen LogP contribution < -0.4 is 10.6 Å². The van der Waals surface area contributed by atoms with Gasteiger partial charge in [-0.2, -0.15) is 0 Å². The SMILES string of the molecule is CC(C)(C)NC(=O)[C@H](c1ccc(Cl)cc1)N(Cc1ccco1)C(=O)CCC(=O)Nc1ccccn1. The summed E-state index contributed by atoms with van der Waals surface area (Å²) in [6.45, 7) is 5.65. The summed E-state index contributed by atoms with van der Waals surface area (Å²) in [7, 11) is 0. The van der Waals surface area contributed by atoms with E-state index in [1.807, 2.05) is 20.8 Å². The van der Waals surface area contributed by atoms with E-state index in [0.29, 0.717) is 22.2 Å². The van der Waals surface area contributed by atoms with Crippen molar-refractivity contribution in [3.05, 3.63) is 83.4 Å².